The molecule has 0 saturated carbocycles. The van der Waals surface area contributed by atoms with Crippen LogP contribution in [0.5, 0.6) is 0 Å². The summed E-state index contributed by atoms with van der Waals surface area (Å²) in [6.45, 7) is 0. The smallest absolute Gasteiger partial charge is 0.131 e. The van der Waals surface area contributed by atoms with E-state index in [0.29, 0.717) is 16.8 Å². The molecule has 134 valence electrons. The number of aromatic nitrogens is 2. The molecule has 0 amide bonds. The summed E-state index contributed by atoms with van der Waals surface area (Å²) in [5.74, 6) is -1.04. The lowest BCUT2D eigenvalue weighted by atomic mass is 9.97. The Morgan fingerprint density at radius 1 is 0.679 bits per heavy atom. The molecule has 1 heterocycles. The van der Waals surface area contributed by atoms with Gasteiger partial charge in [0.05, 0.1) is 23.0 Å². The Balaban J connectivity index is 1.75. The molecule has 4 aromatic rings. The normalized spacial score (nSPS) is 10.5. The predicted molar refractivity (Wildman–Crippen MR) is 103 cm³/mol. The van der Waals surface area contributed by atoms with Crippen molar-refractivity contribution < 1.29 is 8.78 Å². The van der Waals surface area contributed by atoms with E-state index in [1.54, 1.807) is 12.1 Å². The molecule has 0 aliphatic rings. The summed E-state index contributed by atoms with van der Waals surface area (Å²) in [6, 6.07) is 23.4. The van der Waals surface area contributed by atoms with Crippen LogP contribution in [0.4, 0.5) is 8.78 Å². The second-order valence-electron chi connectivity index (χ2n) is 6.17. The number of nitrogens with zero attached hydrogens (tertiary/aromatic N) is 3. The van der Waals surface area contributed by atoms with Gasteiger partial charge in [0.15, 0.2) is 0 Å². The highest BCUT2D eigenvalue weighted by Crippen LogP contribution is 2.31. The largest absolute Gasteiger partial charge is 0.207 e. The SMILES string of the molecule is N#Cc1cc(F)ccc1-c1cc(-c2ccc(-c3ccccc3)nn2)ccc1F. The molecular weight excluding hydrogens is 356 g/mol. The highest BCUT2D eigenvalue weighted by molar-refractivity contribution is 5.76. The van der Waals surface area contributed by atoms with Crippen LogP contribution in [0.15, 0.2) is 78.9 Å². The van der Waals surface area contributed by atoms with E-state index in [4.69, 9.17) is 0 Å². The molecule has 0 fully saturated rings. The van der Waals surface area contributed by atoms with E-state index < -0.39 is 11.6 Å². The molecule has 3 aromatic carbocycles. The van der Waals surface area contributed by atoms with Crippen molar-refractivity contribution in [3.05, 3.63) is 96.1 Å². The van der Waals surface area contributed by atoms with Crippen molar-refractivity contribution >= 4 is 0 Å². The molecule has 0 radical (unpaired) electrons. The molecule has 1 aromatic heterocycles. The Labute approximate surface area is 160 Å². The molecule has 3 nitrogen and oxygen atoms in total. The Morgan fingerprint density at radius 2 is 1.39 bits per heavy atom. The standard InChI is InChI=1S/C23H13F2N3/c24-18-7-8-19(17(12-18)14-26)20-13-16(6-9-21(20)25)23-11-10-22(27-28-23)15-4-2-1-3-5-15/h1-13H. The monoisotopic (exact) mass is 369 g/mol. The van der Waals surface area contributed by atoms with E-state index in [2.05, 4.69) is 10.2 Å². The fourth-order valence-corrected chi connectivity index (χ4v) is 2.98. The van der Waals surface area contributed by atoms with Gasteiger partial charge in [-0.3, -0.25) is 0 Å². The molecule has 0 bridgehead atoms. The Bertz CT molecular complexity index is 1180. The van der Waals surface area contributed by atoms with Crippen molar-refractivity contribution in [3.8, 4) is 39.7 Å². The van der Waals surface area contributed by atoms with E-state index in [1.165, 1.54) is 18.2 Å². The lowest BCUT2D eigenvalue weighted by Gasteiger charge is -2.09. The molecule has 4 rings (SSSR count). The molecule has 28 heavy (non-hydrogen) atoms. The minimum Gasteiger partial charge on any atom is -0.207 e. The molecule has 0 aliphatic heterocycles. The average Bonchev–Trinajstić information content (AvgIpc) is 2.75. The van der Waals surface area contributed by atoms with Gasteiger partial charge in [-0.25, -0.2) is 8.78 Å². The number of halogens is 2. The summed E-state index contributed by atoms with van der Waals surface area (Å²) in [5.41, 5.74) is 3.52. The predicted octanol–water partition coefficient (Wildman–Crippen LogP) is 5.63. The molecule has 0 spiro atoms. The lowest BCUT2D eigenvalue weighted by molar-refractivity contribution is 0.625. The third-order valence-corrected chi connectivity index (χ3v) is 4.39. The molecule has 5 heteroatoms. The summed E-state index contributed by atoms with van der Waals surface area (Å²) in [6.07, 6.45) is 0. The summed E-state index contributed by atoms with van der Waals surface area (Å²) in [4.78, 5) is 0. The number of rotatable bonds is 3. The van der Waals surface area contributed by atoms with Gasteiger partial charge in [-0.15, -0.1) is 10.2 Å². The fraction of sp³-hybridized carbons (Fsp3) is 0. The van der Waals surface area contributed by atoms with Gasteiger partial charge in [0.1, 0.15) is 11.6 Å². The third-order valence-electron chi connectivity index (χ3n) is 4.39. The Kier molecular flexibility index (Phi) is 4.61. The van der Waals surface area contributed by atoms with Crippen molar-refractivity contribution in [2.75, 3.05) is 0 Å². The Hall–Kier alpha value is -3.91. The van der Waals surface area contributed by atoms with Crippen LogP contribution in [-0.4, -0.2) is 10.2 Å². The van der Waals surface area contributed by atoms with Crippen molar-refractivity contribution in [1.82, 2.24) is 10.2 Å². The van der Waals surface area contributed by atoms with Gasteiger partial charge in [0.25, 0.3) is 0 Å². The van der Waals surface area contributed by atoms with Gasteiger partial charge in [0.2, 0.25) is 0 Å². The maximum atomic E-state index is 14.4. The van der Waals surface area contributed by atoms with Crippen molar-refractivity contribution in [1.29, 1.82) is 5.26 Å². The van der Waals surface area contributed by atoms with Crippen LogP contribution in [0.2, 0.25) is 0 Å². The van der Waals surface area contributed by atoms with Gasteiger partial charge < -0.3 is 0 Å². The van der Waals surface area contributed by atoms with Crippen LogP contribution in [-0.2, 0) is 0 Å². The molecular formula is C23H13F2N3. The van der Waals surface area contributed by atoms with Gasteiger partial charge in [-0.2, -0.15) is 5.26 Å². The van der Waals surface area contributed by atoms with E-state index in [0.717, 1.165) is 17.3 Å². The summed E-state index contributed by atoms with van der Waals surface area (Å²) >= 11 is 0. The number of nitriles is 1. The highest BCUT2D eigenvalue weighted by atomic mass is 19.1. The Morgan fingerprint density at radius 3 is 2.07 bits per heavy atom. The minimum absolute atomic E-state index is 0.0709. The van der Waals surface area contributed by atoms with Crippen LogP contribution >= 0.6 is 0 Å². The average molecular weight is 369 g/mol. The molecule has 0 aliphatic carbocycles. The van der Waals surface area contributed by atoms with Gasteiger partial charge in [-0.1, -0.05) is 36.4 Å². The van der Waals surface area contributed by atoms with E-state index in [-0.39, 0.29) is 11.1 Å². The zero-order valence-corrected chi connectivity index (χ0v) is 14.6. The van der Waals surface area contributed by atoms with Gasteiger partial charge in [-0.05, 0) is 42.5 Å². The first-order valence-electron chi connectivity index (χ1n) is 8.55. The maximum Gasteiger partial charge on any atom is 0.131 e. The van der Waals surface area contributed by atoms with Crippen molar-refractivity contribution in [3.63, 3.8) is 0 Å². The zero-order valence-electron chi connectivity index (χ0n) is 14.6. The van der Waals surface area contributed by atoms with Crippen LogP contribution < -0.4 is 0 Å². The molecule has 0 saturated heterocycles. The second kappa shape index (κ2) is 7.37. The van der Waals surface area contributed by atoms with Crippen LogP contribution in [0, 0.1) is 23.0 Å². The van der Waals surface area contributed by atoms with E-state index in [9.17, 15) is 14.0 Å². The van der Waals surface area contributed by atoms with Gasteiger partial charge in [0, 0.05) is 22.3 Å². The van der Waals surface area contributed by atoms with Crippen molar-refractivity contribution in [2.24, 2.45) is 0 Å². The third kappa shape index (κ3) is 3.36. The quantitative estimate of drug-likeness (QED) is 0.470. The maximum absolute atomic E-state index is 14.4. The van der Waals surface area contributed by atoms with Gasteiger partial charge >= 0.3 is 0 Å². The first-order valence-corrected chi connectivity index (χ1v) is 8.55. The fourth-order valence-electron chi connectivity index (χ4n) is 2.98. The van der Waals surface area contributed by atoms with Crippen LogP contribution in [0.3, 0.4) is 0 Å². The second-order valence-corrected chi connectivity index (χ2v) is 6.17. The zero-order chi connectivity index (χ0) is 19.5. The van der Waals surface area contributed by atoms with Crippen molar-refractivity contribution in [2.45, 2.75) is 0 Å². The topological polar surface area (TPSA) is 49.6 Å². The van der Waals surface area contributed by atoms with Crippen LogP contribution in [0.25, 0.3) is 33.6 Å². The molecule has 0 unspecified atom stereocenters. The minimum atomic E-state index is -0.542. The number of benzene rings is 3. The summed E-state index contributed by atoms with van der Waals surface area (Å²) < 4.78 is 27.8. The first kappa shape index (κ1) is 17.5. The lowest BCUT2D eigenvalue weighted by Crippen LogP contribution is -1.94. The number of hydrogen-bond donors (Lipinski definition) is 0. The van der Waals surface area contributed by atoms with E-state index in [1.807, 2.05) is 48.5 Å². The van der Waals surface area contributed by atoms with E-state index >= 15 is 0 Å². The van der Waals surface area contributed by atoms with Crippen LogP contribution in [0.1, 0.15) is 5.56 Å². The molecule has 0 atom stereocenters. The summed E-state index contributed by atoms with van der Waals surface area (Å²) in [7, 11) is 0. The summed E-state index contributed by atoms with van der Waals surface area (Å²) in [5, 5.41) is 17.8. The molecule has 0 N–H and O–H groups in total. The highest BCUT2D eigenvalue weighted by Gasteiger charge is 2.13. The number of hydrogen-bond acceptors (Lipinski definition) is 3. The first-order chi connectivity index (χ1) is 13.7.